The molecular weight excluding hydrogens is 196 g/mol. The van der Waals surface area contributed by atoms with E-state index in [-0.39, 0.29) is 5.82 Å². The third-order valence-corrected chi connectivity index (χ3v) is 3.18. The van der Waals surface area contributed by atoms with E-state index in [0.717, 1.165) is 13.0 Å². The first-order chi connectivity index (χ1) is 7.13. The number of rotatable bonds is 1. The van der Waals surface area contributed by atoms with Gasteiger partial charge in [0.05, 0.1) is 5.54 Å². The second kappa shape index (κ2) is 3.89. The first-order valence-corrected chi connectivity index (χ1v) is 5.28. The molecule has 1 nitrogen and oxygen atoms in total. The minimum Gasteiger partial charge on any atom is -0.305 e. The first-order valence-electron chi connectivity index (χ1n) is 5.28. The molecule has 2 rings (SSSR count). The SMILES string of the molecule is CC1(c2cccc(F)c2)NCCCC1F. The van der Waals surface area contributed by atoms with Crippen LogP contribution in [-0.2, 0) is 5.54 Å². The molecule has 1 aromatic carbocycles. The molecular formula is C12H15F2N. The lowest BCUT2D eigenvalue weighted by Gasteiger charge is -2.38. The number of benzene rings is 1. The zero-order valence-electron chi connectivity index (χ0n) is 8.76. The molecule has 1 saturated heterocycles. The van der Waals surface area contributed by atoms with Crippen LogP contribution in [0.2, 0.25) is 0 Å². The Bertz CT molecular complexity index is 353. The molecule has 1 heterocycles. The Kier molecular flexibility index (Phi) is 2.74. The van der Waals surface area contributed by atoms with Crippen LogP contribution in [0.15, 0.2) is 24.3 Å². The van der Waals surface area contributed by atoms with Crippen LogP contribution in [0.3, 0.4) is 0 Å². The van der Waals surface area contributed by atoms with E-state index < -0.39 is 11.7 Å². The molecule has 0 aliphatic carbocycles. The van der Waals surface area contributed by atoms with Gasteiger partial charge in [0.2, 0.25) is 0 Å². The van der Waals surface area contributed by atoms with Gasteiger partial charge in [-0.1, -0.05) is 12.1 Å². The Labute approximate surface area is 88.5 Å². The number of hydrogen-bond acceptors (Lipinski definition) is 1. The first kappa shape index (κ1) is 10.6. The summed E-state index contributed by atoms with van der Waals surface area (Å²) in [4.78, 5) is 0. The summed E-state index contributed by atoms with van der Waals surface area (Å²) in [6.07, 6.45) is 0.430. The third-order valence-electron chi connectivity index (χ3n) is 3.18. The maximum atomic E-state index is 13.9. The van der Waals surface area contributed by atoms with E-state index in [9.17, 15) is 8.78 Å². The van der Waals surface area contributed by atoms with Crippen LogP contribution in [0.4, 0.5) is 8.78 Å². The molecule has 0 bridgehead atoms. The Morgan fingerprint density at radius 2 is 2.27 bits per heavy atom. The van der Waals surface area contributed by atoms with Crippen molar-refractivity contribution in [2.75, 3.05) is 6.54 Å². The van der Waals surface area contributed by atoms with Gasteiger partial charge in [0.15, 0.2) is 0 Å². The van der Waals surface area contributed by atoms with Crippen molar-refractivity contribution in [3.8, 4) is 0 Å². The van der Waals surface area contributed by atoms with Crippen LogP contribution in [0, 0.1) is 5.82 Å². The topological polar surface area (TPSA) is 12.0 Å². The Morgan fingerprint density at radius 3 is 2.93 bits per heavy atom. The summed E-state index contributed by atoms with van der Waals surface area (Å²) in [6.45, 7) is 2.58. The fourth-order valence-electron chi connectivity index (χ4n) is 2.12. The summed E-state index contributed by atoms with van der Waals surface area (Å²) in [7, 11) is 0. The summed E-state index contributed by atoms with van der Waals surface area (Å²) >= 11 is 0. The highest BCUT2D eigenvalue weighted by atomic mass is 19.1. The number of alkyl halides is 1. The molecule has 1 N–H and O–H groups in total. The van der Waals surface area contributed by atoms with Crippen molar-refractivity contribution in [3.05, 3.63) is 35.6 Å². The predicted octanol–water partition coefficient (Wildman–Crippen LogP) is 2.76. The predicted molar refractivity (Wildman–Crippen MR) is 55.9 cm³/mol. The second-order valence-corrected chi connectivity index (χ2v) is 4.25. The van der Waals surface area contributed by atoms with Crippen LogP contribution in [0.1, 0.15) is 25.3 Å². The van der Waals surface area contributed by atoms with E-state index in [1.54, 1.807) is 19.1 Å². The lowest BCUT2D eigenvalue weighted by atomic mass is 9.82. The largest absolute Gasteiger partial charge is 0.305 e. The van der Waals surface area contributed by atoms with Gasteiger partial charge in [-0.3, -0.25) is 0 Å². The van der Waals surface area contributed by atoms with Crippen LogP contribution < -0.4 is 5.32 Å². The molecule has 0 radical (unpaired) electrons. The molecule has 15 heavy (non-hydrogen) atoms. The normalized spacial score (nSPS) is 31.5. The van der Waals surface area contributed by atoms with Gasteiger partial charge in [-0.15, -0.1) is 0 Å². The molecule has 1 aromatic rings. The zero-order chi connectivity index (χ0) is 10.9. The minimum absolute atomic E-state index is 0.312. The van der Waals surface area contributed by atoms with E-state index >= 15 is 0 Å². The molecule has 0 spiro atoms. The average molecular weight is 211 g/mol. The highest BCUT2D eigenvalue weighted by Crippen LogP contribution is 2.32. The van der Waals surface area contributed by atoms with Crippen LogP contribution in [0.5, 0.6) is 0 Å². The summed E-state index contributed by atoms with van der Waals surface area (Å²) in [6, 6.07) is 6.18. The van der Waals surface area contributed by atoms with Gasteiger partial charge < -0.3 is 5.32 Å². The number of nitrogens with one attached hydrogen (secondary N) is 1. The summed E-state index contributed by atoms with van der Waals surface area (Å²) in [5.41, 5.74) is -0.0462. The molecule has 2 atom stereocenters. The van der Waals surface area contributed by atoms with Gasteiger partial charge in [-0.25, -0.2) is 8.78 Å². The van der Waals surface area contributed by atoms with Crippen molar-refractivity contribution < 1.29 is 8.78 Å². The van der Waals surface area contributed by atoms with E-state index in [1.165, 1.54) is 12.1 Å². The molecule has 1 aliphatic rings. The standard InChI is InChI=1S/C12H15F2N/c1-12(11(14)6-3-7-15-12)9-4-2-5-10(13)8-9/h2,4-5,8,11,15H,3,6-7H2,1H3. The Morgan fingerprint density at radius 1 is 1.47 bits per heavy atom. The molecule has 0 amide bonds. The van der Waals surface area contributed by atoms with E-state index in [1.807, 2.05) is 0 Å². The lowest BCUT2D eigenvalue weighted by molar-refractivity contribution is 0.121. The van der Waals surface area contributed by atoms with Gasteiger partial charge in [0.1, 0.15) is 12.0 Å². The molecule has 0 saturated carbocycles. The van der Waals surface area contributed by atoms with Crippen molar-refractivity contribution in [2.24, 2.45) is 0 Å². The van der Waals surface area contributed by atoms with Crippen molar-refractivity contribution in [1.29, 1.82) is 0 Å². The fourth-order valence-corrected chi connectivity index (χ4v) is 2.12. The van der Waals surface area contributed by atoms with Gasteiger partial charge in [-0.2, -0.15) is 0 Å². The monoisotopic (exact) mass is 211 g/mol. The molecule has 0 aromatic heterocycles. The maximum Gasteiger partial charge on any atom is 0.123 e. The number of piperidine rings is 1. The van der Waals surface area contributed by atoms with Crippen LogP contribution in [0.25, 0.3) is 0 Å². The van der Waals surface area contributed by atoms with Gasteiger partial charge >= 0.3 is 0 Å². The summed E-state index contributed by atoms with van der Waals surface area (Å²) in [5.74, 6) is -0.312. The lowest BCUT2D eigenvalue weighted by Crippen LogP contribution is -2.51. The summed E-state index contributed by atoms with van der Waals surface area (Å²) < 4.78 is 26.9. The highest BCUT2D eigenvalue weighted by Gasteiger charge is 2.38. The van der Waals surface area contributed by atoms with Crippen molar-refractivity contribution in [1.82, 2.24) is 5.32 Å². The van der Waals surface area contributed by atoms with Crippen LogP contribution >= 0.6 is 0 Å². The molecule has 3 heteroatoms. The average Bonchev–Trinajstić information content (AvgIpc) is 2.23. The third kappa shape index (κ3) is 1.88. The van der Waals surface area contributed by atoms with E-state index in [4.69, 9.17) is 0 Å². The van der Waals surface area contributed by atoms with Crippen LogP contribution in [-0.4, -0.2) is 12.7 Å². The quantitative estimate of drug-likeness (QED) is 0.753. The van der Waals surface area contributed by atoms with Gasteiger partial charge in [0.25, 0.3) is 0 Å². The zero-order valence-corrected chi connectivity index (χ0v) is 8.76. The fraction of sp³-hybridized carbons (Fsp3) is 0.500. The minimum atomic E-state index is -0.951. The summed E-state index contributed by atoms with van der Waals surface area (Å²) in [5, 5.41) is 3.15. The smallest absolute Gasteiger partial charge is 0.123 e. The maximum absolute atomic E-state index is 13.9. The van der Waals surface area contributed by atoms with Crippen molar-refractivity contribution in [3.63, 3.8) is 0 Å². The Balaban J connectivity index is 2.34. The second-order valence-electron chi connectivity index (χ2n) is 4.25. The van der Waals surface area contributed by atoms with Gasteiger partial charge in [-0.05, 0) is 44.0 Å². The number of hydrogen-bond donors (Lipinski definition) is 1. The van der Waals surface area contributed by atoms with Crippen molar-refractivity contribution >= 4 is 0 Å². The number of halogens is 2. The van der Waals surface area contributed by atoms with Crippen molar-refractivity contribution in [2.45, 2.75) is 31.5 Å². The Hall–Kier alpha value is -0.960. The van der Waals surface area contributed by atoms with E-state index in [2.05, 4.69) is 5.32 Å². The molecule has 1 fully saturated rings. The van der Waals surface area contributed by atoms with E-state index in [0.29, 0.717) is 12.0 Å². The molecule has 1 aliphatic heterocycles. The molecule has 2 unspecified atom stereocenters. The molecule has 82 valence electrons. The van der Waals surface area contributed by atoms with Gasteiger partial charge in [0, 0.05) is 0 Å². The highest BCUT2D eigenvalue weighted by molar-refractivity contribution is 5.26.